The first-order valence-electron chi connectivity index (χ1n) is 5.25. The Balaban J connectivity index is 3.70. The van der Waals surface area contributed by atoms with E-state index >= 15 is 0 Å². The lowest BCUT2D eigenvalue weighted by molar-refractivity contribution is -0.138. The maximum absolute atomic E-state index is 11.2. The van der Waals surface area contributed by atoms with Crippen LogP contribution in [0.15, 0.2) is 0 Å². The lowest BCUT2D eigenvalue weighted by Gasteiger charge is -2.10. The topological polar surface area (TPSA) is 114 Å². The molecule has 0 heterocycles. The summed E-state index contributed by atoms with van der Waals surface area (Å²) in [5, 5.41) is 8.49. The van der Waals surface area contributed by atoms with E-state index in [-0.39, 0.29) is 18.9 Å². The van der Waals surface area contributed by atoms with Crippen molar-refractivity contribution < 1.29 is 28.4 Å². The average molecular weight is 282 g/mol. The maximum Gasteiger partial charge on any atom is 0.420 e. The number of nitrogens with one attached hydrogen (secondary N) is 2. The lowest BCUT2D eigenvalue weighted by Crippen LogP contribution is -2.37. The van der Waals surface area contributed by atoms with Crippen LogP contribution in [0.1, 0.15) is 13.3 Å². The Morgan fingerprint density at radius 1 is 1.44 bits per heavy atom. The molecule has 2 unspecified atom stereocenters. The monoisotopic (exact) mass is 282 g/mol. The van der Waals surface area contributed by atoms with Crippen LogP contribution in [0, 0.1) is 5.92 Å². The van der Waals surface area contributed by atoms with Gasteiger partial charge in [-0.2, -0.15) is 0 Å². The highest BCUT2D eigenvalue weighted by Crippen LogP contribution is 2.01. The number of ether oxygens (including phenoxy) is 2. The molecular weight excluding hydrogens is 264 g/mol. The number of carbonyl (C=O) groups excluding carboxylic acids is 1. The molecule has 9 heteroatoms. The summed E-state index contributed by atoms with van der Waals surface area (Å²) in [5.41, 5.74) is 0. The number of hydrogen-bond donors (Lipinski definition) is 3. The van der Waals surface area contributed by atoms with Crippen molar-refractivity contribution in [3.8, 4) is 0 Å². The van der Waals surface area contributed by atoms with Gasteiger partial charge in [-0.05, 0) is 0 Å². The van der Waals surface area contributed by atoms with E-state index < -0.39 is 23.2 Å². The average Bonchev–Trinajstić information content (AvgIpc) is 2.26. The van der Waals surface area contributed by atoms with Crippen molar-refractivity contribution in [2.24, 2.45) is 5.92 Å². The summed E-state index contributed by atoms with van der Waals surface area (Å²) in [6.07, 6.45) is -0.960. The van der Waals surface area contributed by atoms with E-state index in [9.17, 15) is 13.8 Å². The minimum Gasteiger partial charge on any atom is -0.481 e. The molecule has 0 aliphatic rings. The van der Waals surface area contributed by atoms with E-state index in [0.717, 1.165) is 0 Å². The quantitative estimate of drug-likeness (QED) is 0.497. The Labute approximate surface area is 108 Å². The summed E-state index contributed by atoms with van der Waals surface area (Å²) >= 11 is -1.75. The van der Waals surface area contributed by atoms with Crippen LogP contribution in [0.4, 0.5) is 4.79 Å². The highest BCUT2D eigenvalue weighted by Gasteiger charge is 2.12. The Kier molecular flexibility index (Phi) is 9.15. The van der Waals surface area contributed by atoms with Gasteiger partial charge in [-0.15, -0.1) is 0 Å². The Morgan fingerprint density at radius 3 is 2.67 bits per heavy atom. The van der Waals surface area contributed by atoms with Crippen molar-refractivity contribution in [3.63, 3.8) is 0 Å². The van der Waals surface area contributed by atoms with Crippen molar-refractivity contribution in [2.45, 2.75) is 13.3 Å². The van der Waals surface area contributed by atoms with Crippen LogP contribution in [-0.2, 0) is 25.4 Å². The number of aliphatic carboxylic acids is 1. The van der Waals surface area contributed by atoms with Crippen LogP contribution in [0.25, 0.3) is 0 Å². The third-order valence-corrected chi connectivity index (χ3v) is 2.56. The number of carbonyl (C=O) groups is 2. The van der Waals surface area contributed by atoms with Crippen LogP contribution in [0.3, 0.4) is 0 Å². The van der Waals surface area contributed by atoms with Gasteiger partial charge in [-0.3, -0.25) is 4.79 Å². The van der Waals surface area contributed by atoms with Crippen LogP contribution in [-0.4, -0.2) is 48.2 Å². The SMILES string of the molecule is COCCNS(=O)NC(=O)OCC(C)CC(=O)O. The second-order valence-electron chi connectivity index (χ2n) is 3.56. The zero-order chi connectivity index (χ0) is 14.0. The van der Waals surface area contributed by atoms with Gasteiger partial charge in [-0.25, -0.2) is 18.4 Å². The van der Waals surface area contributed by atoms with Crippen molar-refractivity contribution >= 4 is 23.2 Å². The Bertz CT molecular complexity index is 299. The summed E-state index contributed by atoms with van der Waals surface area (Å²) in [5.74, 6) is -1.26. The minimum absolute atomic E-state index is 0.0482. The molecule has 0 aromatic carbocycles. The Morgan fingerprint density at radius 2 is 2.11 bits per heavy atom. The van der Waals surface area contributed by atoms with Gasteiger partial charge in [0.25, 0.3) is 0 Å². The van der Waals surface area contributed by atoms with Gasteiger partial charge in [0.2, 0.25) is 0 Å². The molecule has 0 spiro atoms. The van der Waals surface area contributed by atoms with Crippen molar-refractivity contribution in [3.05, 3.63) is 0 Å². The number of hydrogen-bond acceptors (Lipinski definition) is 5. The molecule has 0 aliphatic carbocycles. The van der Waals surface area contributed by atoms with Gasteiger partial charge in [0.1, 0.15) is 0 Å². The fourth-order valence-corrected chi connectivity index (χ4v) is 1.50. The van der Waals surface area contributed by atoms with Crippen LogP contribution in [0.5, 0.6) is 0 Å². The molecule has 0 radical (unpaired) electrons. The van der Waals surface area contributed by atoms with E-state index in [1.54, 1.807) is 6.92 Å². The number of carboxylic acids is 1. The molecule has 0 aromatic heterocycles. The highest BCUT2D eigenvalue weighted by molar-refractivity contribution is 7.81. The van der Waals surface area contributed by atoms with Crippen LogP contribution in [0.2, 0.25) is 0 Å². The summed E-state index contributed by atoms with van der Waals surface area (Å²) in [6, 6.07) is 0. The smallest absolute Gasteiger partial charge is 0.420 e. The summed E-state index contributed by atoms with van der Waals surface area (Å²) in [6.45, 7) is 2.26. The third kappa shape index (κ3) is 10.00. The fourth-order valence-electron chi connectivity index (χ4n) is 0.953. The van der Waals surface area contributed by atoms with Crippen molar-refractivity contribution in [1.82, 2.24) is 9.44 Å². The molecule has 18 heavy (non-hydrogen) atoms. The second kappa shape index (κ2) is 9.80. The predicted octanol–water partition coefficient (Wildman–Crippen LogP) is -0.362. The minimum atomic E-state index is -1.75. The standard InChI is InChI=1S/C9H18N2O6S/c1-7(5-8(12)13)6-17-9(14)11-18(15)10-3-4-16-2/h7,10H,3-6H2,1-2H3,(H,11,14)(H,12,13). The molecule has 0 saturated carbocycles. The highest BCUT2D eigenvalue weighted by atomic mass is 32.2. The zero-order valence-electron chi connectivity index (χ0n) is 10.3. The molecule has 8 nitrogen and oxygen atoms in total. The fraction of sp³-hybridized carbons (Fsp3) is 0.778. The molecule has 3 N–H and O–H groups in total. The zero-order valence-corrected chi connectivity index (χ0v) is 11.1. The first-order valence-corrected chi connectivity index (χ1v) is 6.40. The van der Waals surface area contributed by atoms with Crippen LogP contribution >= 0.6 is 0 Å². The van der Waals surface area contributed by atoms with E-state index in [1.807, 2.05) is 4.72 Å². The lowest BCUT2D eigenvalue weighted by atomic mass is 10.1. The molecule has 106 valence electrons. The summed E-state index contributed by atoms with van der Waals surface area (Å²) in [4.78, 5) is 21.5. The number of methoxy groups -OCH3 is 1. The molecule has 0 saturated heterocycles. The normalized spacial score (nSPS) is 13.7. The van der Waals surface area contributed by atoms with Gasteiger partial charge in [0, 0.05) is 19.6 Å². The van der Waals surface area contributed by atoms with Crippen LogP contribution < -0.4 is 9.44 Å². The first kappa shape index (κ1) is 16.8. The predicted molar refractivity (Wildman–Crippen MR) is 63.9 cm³/mol. The van der Waals surface area contributed by atoms with Gasteiger partial charge < -0.3 is 14.6 Å². The Hall–Kier alpha value is -1.19. The molecule has 0 aromatic rings. The van der Waals surface area contributed by atoms with E-state index in [4.69, 9.17) is 14.6 Å². The second-order valence-corrected chi connectivity index (χ2v) is 4.59. The third-order valence-electron chi connectivity index (χ3n) is 1.74. The van der Waals surface area contributed by atoms with Gasteiger partial charge in [0.05, 0.1) is 19.6 Å². The van der Waals surface area contributed by atoms with Gasteiger partial charge >= 0.3 is 12.1 Å². The number of rotatable bonds is 9. The molecule has 0 bridgehead atoms. The van der Waals surface area contributed by atoms with Crippen molar-refractivity contribution in [2.75, 3.05) is 26.9 Å². The van der Waals surface area contributed by atoms with E-state index in [0.29, 0.717) is 13.2 Å². The number of amides is 1. The first-order chi connectivity index (χ1) is 8.45. The molecule has 0 aliphatic heterocycles. The largest absolute Gasteiger partial charge is 0.481 e. The van der Waals surface area contributed by atoms with Gasteiger partial charge in [-0.1, -0.05) is 6.92 Å². The van der Waals surface area contributed by atoms with E-state index in [1.165, 1.54) is 7.11 Å². The summed E-state index contributed by atoms with van der Waals surface area (Å²) < 4.78 is 25.1. The van der Waals surface area contributed by atoms with E-state index in [2.05, 4.69) is 4.72 Å². The van der Waals surface area contributed by atoms with Crippen molar-refractivity contribution in [1.29, 1.82) is 0 Å². The molecule has 0 rings (SSSR count). The van der Waals surface area contributed by atoms with Gasteiger partial charge in [0.15, 0.2) is 11.2 Å². The molecule has 1 amide bonds. The molecule has 2 atom stereocenters. The number of carboxylic acid groups (broad SMARTS) is 1. The summed E-state index contributed by atoms with van der Waals surface area (Å²) in [7, 11) is 1.50. The molecule has 0 fully saturated rings. The molecular formula is C9H18N2O6S. The maximum atomic E-state index is 11.2.